The quantitative estimate of drug-likeness (QED) is 0.800. The van der Waals surface area contributed by atoms with Gasteiger partial charge in [0.05, 0.1) is 7.11 Å². The predicted molar refractivity (Wildman–Crippen MR) is 83.4 cm³/mol. The van der Waals surface area contributed by atoms with Gasteiger partial charge in [-0.1, -0.05) is 13.3 Å². The third kappa shape index (κ3) is 2.25. The van der Waals surface area contributed by atoms with Crippen LogP contribution >= 0.6 is 0 Å². The van der Waals surface area contributed by atoms with Crippen molar-refractivity contribution in [2.24, 2.45) is 11.8 Å². The smallest absolute Gasteiger partial charge is 0.341 e. The topological polar surface area (TPSA) is 55.8 Å². The van der Waals surface area contributed by atoms with Crippen molar-refractivity contribution in [2.75, 3.05) is 7.11 Å². The highest BCUT2D eigenvalue weighted by atomic mass is 16.5. The maximum absolute atomic E-state index is 11.8. The van der Waals surface area contributed by atoms with Crippen molar-refractivity contribution in [1.29, 1.82) is 0 Å². The zero-order valence-electron chi connectivity index (χ0n) is 13.7. The van der Waals surface area contributed by atoms with Crippen LogP contribution in [0.25, 0.3) is 0 Å². The van der Waals surface area contributed by atoms with Crippen molar-refractivity contribution in [2.45, 2.75) is 51.6 Å². The number of carbonyl (C=O) groups is 1. The number of rotatable bonds is 1. The van der Waals surface area contributed by atoms with Crippen LogP contribution in [0.15, 0.2) is 12.1 Å². The molecular weight excluding hydrogens is 280 g/mol. The molecule has 2 aliphatic rings. The lowest BCUT2D eigenvalue weighted by atomic mass is 9.64. The Labute approximate surface area is 131 Å². The van der Waals surface area contributed by atoms with Crippen LogP contribution in [0.4, 0.5) is 0 Å². The van der Waals surface area contributed by atoms with Gasteiger partial charge in [0, 0.05) is 11.5 Å². The van der Waals surface area contributed by atoms with E-state index in [1.54, 1.807) is 12.1 Å². The summed E-state index contributed by atoms with van der Waals surface area (Å²) < 4.78 is 10.9. The maximum Gasteiger partial charge on any atom is 0.341 e. The first kappa shape index (κ1) is 15.2. The standard InChI is InChI=1S/C18H24O4/c1-10-5-7-13-12(9-10)15-14(22-18(13,2)3)8-6-11(16(15)19)17(20)21-4/h6,8,10,12-13,19H,5,7,9H2,1-4H3/t10-,12-,13-/m1/s1. The molecule has 0 spiro atoms. The molecule has 1 N–H and O–H groups in total. The zero-order chi connectivity index (χ0) is 16.1. The molecule has 1 aromatic carbocycles. The molecule has 4 heteroatoms. The molecule has 1 saturated carbocycles. The third-order valence-electron chi connectivity index (χ3n) is 5.33. The lowest BCUT2D eigenvalue weighted by molar-refractivity contribution is -0.0145. The van der Waals surface area contributed by atoms with Crippen LogP contribution in [0.2, 0.25) is 0 Å². The van der Waals surface area contributed by atoms with E-state index in [0.29, 0.717) is 17.6 Å². The Balaban J connectivity index is 2.13. The van der Waals surface area contributed by atoms with E-state index in [9.17, 15) is 9.90 Å². The molecule has 0 amide bonds. The molecule has 1 aliphatic heterocycles. The van der Waals surface area contributed by atoms with Gasteiger partial charge in [-0.25, -0.2) is 4.79 Å². The van der Waals surface area contributed by atoms with Gasteiger partial charge in [-0.2, -0.15) is 0 Å². The lowest BCUT2D eigenvalue weighted by Crippen LogP contribution is -2.46. The first-order valence-corrected chi connectivity index (χ1v) is 7.98. The fourth-order valence-electron chi connectivity index (χ4n) is 4.20. The Morgan fingerprint density at radius 2 is 2.09 bits per heavy atom. The molecule has 0 radical (unpaired) electrons. The fourth-order valence-corrected chi connectivity index (χ4v) is 4.20. The van der Waals surface area contributed by atoms with Crippen molar-refractivity contribution in [3.8, 4) is 11.5 Å². The van der Waals surface area contributed by atoms with E-state index >= 15 is 0 Å². The number of phenols is 1. The van der Waals surface area contributed by atoms with Gasteiger partial charge in [0.15, 0.2) is 0 Å². The summed E-state index contributed by atoms with van der Waals surface area (Å²) in [6.45, 7) is 6.49. The summed E-state index contributed by atoms with van der Waals surface area (Å²) in [5.74, 6) is 1.42. The van der Waals surface area contributed by atoms with Crippen molar-refractivity contribution in [1.82, 2.24) is 0 Å². The van der Waals surface area contributed by atoms with Gasteiger partial charge in [-0.3, -0.25) is 0 Å². The number of phenolic OH excluding ortho intramolecular Hbond substituents is 1. The van der Waals surface area contributed by atoms with E-state index in [-0.39, 0.29) is 22.8 Å². The summed E-state index contributed by atoms with van der Waals surface area (Å²) >= 11 is 0. The van der Waals surface area contributed by atoms with E-state index in [2.05, 4.69) is 20.8 Å². The first-order chi connectivity index (χ1) is 10.3. The van der Waals surface area contributed by atoms with Crippen LogP contribution in [0.1, 0.15) is 61.9 Å². The average Bonchev–Trinajstić information content (AvgIpc) is 2.45. The molecule has 1 fully saturated rings. The highest BCUT2D eigenvalue weighted by Gasteiger charge is 2.47. The van der Waals surface area contributed by atoms with Crippen molar-refractivity contribution in [3.05, 3.63) is 23.3 Å². The minimum Gasteiger partial charge on any atom is -0.507 e. The molecule has 0 aromatic heterocycles. The van der Waals surface area contributed by atoms with Gasteiger partial charge in [0.2, 0.25) is 0 Å². The van der Waals surface area contributed by atoms with Crippen LogP contribution in [0.3, 0.4) is 0 Å². The molecule has 120 valence electrons. The Hall–Kier alpha value is -1.71. The number of hydrogen-bond donors (Lipinski definition) is 1. The Bertz CT molecular complexity index is 605. The van der Waals surface area contributed by atoms with Crippen LogP contribution in [-0.4, -0.2) is 23.8 Å². The minimum atomic E-state index is -0.509. The molecule has 0 unspecified atom stereocenters. The Kier molecular flexibility index (Phi) is 3.58. The van der Waals surface area contributed by atoms with E-state index in [1.165, 1.54) is 13.5 Å². The van der Waals surface area contributed by atoms with Crippen LogP contribution in [-0.2, 0) is 4.74 Å². The average molecular weight is 304 g/mol. The molecule has 0 bridgehead atoms. The molecule has 4 nitrogen and oxygen atoms in total. The molecule has 0 saturated heterocycles. The molecule has 1 heterocycles. The Morgan fingerprint density at radius 3 is 2.77 bits per heavy atom. The van der Waals surface area contributed by atoms with Gasteiger partial charge in [0.25, 0.3) is 0 Å². The van der Waals surface area contributed by atoms with Crippen LogP contribution < -0.4 is 4.74 Å². The van der Waals surface area contributed by atoms with Gasteiger partial charge in [0.1, 0.15) is 22.7 Å². The summed E-state index contributed by atoms with van der Waals surface area (Å²) in [6.07, 6.45) is 3.28. The van der Waals surface area contributed by atoms with Crippen LogP contribution in [0, 0.1) is 11.8 Å². The monoisotopic (exact) mass is 304 g/mol. The number of esters is 1. The number of carbonyl (C=O) groups excluding carboxylic acids is 1. The number of ether oxygens (including phenoxy) is 2. The molecule has 1 aliphatic carbocycles. The molecule has 1 aromatic rings. The van der Waals surface area contributed by atoms with Gasteiger partial charge in [-0.15, -0.1) is 0 Å². The summed E-state index contributed by atoms with van der Waals surface area (Å²) in [7, 11) is 1.33. The van der Waals surface area contributed by atoms with Crippen molar-refractivity contribution in [3.63, 3.8) is 0 Å². The molecule has 3 rings (SSSR count). The fraction of sp³-hybridized carbons (Fsp3) is 0.611. The van der Waals surface area contributed by atoms with E-state index in [4.69, 9.17) is 9.47 Å². The van der Waals surface area contributed by atoms with Gasteiger partial charge >= 0.3 is 5.97 Å². The molecule has 3 atom stereocenters. The number of benzene rings is 1. The number of hydrogen-bond acceptors (Lipinski definition) is 4. The van der Waals surface area contributed by atoms with Crippen molar-refractivity contribution < 1.29 is 19.4 Å². The number of methoxy groups -OCH3 is 1. The molecule has 22 heavy (non-hydrogen) atoms. The summed E-state index contributed by atoms with van der Waals surface area (Å²) in [4.78, 5) is 11.8. The highest BCUT2D eigenvalue weighted by Crippen LogP contribution is 2.55. The van der Waals surface area contributed by atoms with Gasteiger partial charge in [-0.05, 0) is 50.7 Å². The summed E-state index contributed by atoms with van der Waals surface area (Å²) in [5.41, 5.74) is 0.761. The van der Waals surface area contributed by atoms with E-state index in [1.807, 2.05) is 0 Å². The number of fused-ring (bicyclic) bond motifs is 3. The summed E-state index contributed by atoms with van der Waals surface area (Å²) in [5, 5.41) is 10.7. The lowest BCUT2D eigenvalue weighted by Gasteiger charge is -2.48. The SMILES string of the molecule is COC(=O)c1ccc2c(c1O)[C@@H]1C[C@H](C)CC[C@H]1C(C)(C)O2. The summed E-state index contributed by atoms with van der Waals surface area (Å²) in [6, 6.07) is 3.38. The normalized spacial score (nSPS) is 29.0. The van der Waals surface area contributed by atoms with Gasteiger partial charge < -0.3 is 14.6 Å². The second kappa shape index (κ2) is 5.18. The van der Waals surface area contributed by atoms with Crippen molar-refractivity contribution >= 4 is 5.97 Å². The maximum atomic E-state index is 11.8. The minimum absolute atomic E-state index is 0.0314. The predicted octanol–water partition coefficient (Wildman–Crippen LogP) is 3.87. The highest BCUT2D eigenvalue weighted by molar-refractivity contribution is 5.93. The second-order valence-electron chi connectivity index (χ2n) is 7.20. The van der Waals surface area contributed by atoms with E-state index in [0.717, 1.165) is 18.4 Å². The zero-order valence-corrected chi connectivity index (χ0v) is 13.7. The second-order valence-corrected chi connectivity index (χ2v) is 7.20. The largest absolute Gasteiger partial charge is 0.507 e. The molecular formula is C18H24O4. The Morgan fingerprint density at radius 1 is 1.36 bits per heavy atom. The first-order valence-electron chi connectivity index (χ1n) is 7.98. The number of aromatic hydroxyl groups is 1. The third-order valence-corrected chi connectivity index (χ3v) is 5.33. The van der Waals surface area contributed by atoms with Crippen LogP contribution in [0.5, 0.6) is 11.5 Å². The van der Waals surface area contributed by atoms with E-state index < -0.39 is 5.97 Å².